The molecule has 0 radical (unpaired) electrons. The number of carbonyl (C=O) groups excluding carboxylic acids is 1. The van der Waals surface area contributed by atoms with Crippen LogP contribution in [0.25, 0.3) is 0 Å². The second kappa shape index (κ2) is 5.05. The standard InChI is InChI=1S/C10H12N2O3S2/c13-9(11-4-1-2-5-11)8(16)7-3-6-17-10(7)12(14)15/h3,6,8,16H,1-2,4-5H2. The van der Waals surface area contributed by atoms with Gasteiger partial charge in [-0.1, -0.05) is 11.3 Å². The van der Waals surface area contributed by atoms with E-state index in [1.54, 1.807) is 16.3 Å². The molecule has 1 fully saturated rings. The third-order valence-electron chi connectivity index (χ3n) is 2.79. The van der Waals surface area contributed by atoms with Gasteiger partial charge in [0.1, 0.15) is 5.25 Å². The zero-order chi connectivity index (χ0) is 12.4. The zero-order valence-corrected chi connectivity index (χ0v) is 10.7. The van der Waals surface area contributed by atoms with E-state index in [4.69, 9.17) is 0 Å². The first-order valence-corrected chi connectivity index (χ1v) is 6.69. The average molecular weight is 272 g/mol. The number of amides is 1. The van der Waals surface area contributed by atoms with Gasteiger partial charge in [-0.25, -0.2) is 0 Å². The van der Waals surface area contributed by atoms with Crippen LogP contribution in [0.3, 0.4) is 0 Å². The first kappa shape index (κ1) is 12.4. The summed E-state index contributed by atoms with van der Waals surface area (Å²) in [4.78, 5) is 24.1. The van der Waals surface area contributed by atoms with E-state index in [9.17, 15) is 14.9 Å². The van der Waals surface area contributed by atoms with Gasteiger partial charge in [-0.3, -0.25) is 14.9 Å². The molecule has 0 aromatic carbocycles. The Kier molecular flexibility index (Phi) is 3.68. The molecule has 5 nitrogen and oxygen atoms in total. The lowest BCUT2D eigenvalue weighted by atomic mass is 10.2. The van der Waals surface area contributed by atoms with Crippen LogP contribution in [0.1, 0.15) is 23.7 Å². The Morgan fingerprint density at radius 3 is 2.76 bits per heavy atom. The van der Waals surface area contributed by atoms with Crippen LogP contribution in [-0.4, -0.2) is 28.8 Å². The minimum Gasteiger partial charge on any atom is -0.341 e. The molecule has 17 heavy (non-hydrogen) atoms. The summed E-state index contributed by atoms with van der Waals surface area (Å²) in [5, 5.41) is 11.7. The van der Waals surface area contributed by atoms with Crippen LogP contribution < -0.4 is 0 Å². The predicted octanol–water partition coefficient (Wildman–Crippen LogP) is 2.25. The molecule has 1 amide bonds. The molecule has 1 unspecified atom stereocenters. The molecule has 0 spiro atoms. The monoisotopic (exact) mass is 272 g/mol. The highest BCUT2D eigenvalue weighted by Crippen LogP contribution is 2.35. The Balaban J connectivity index is 2.18. The van der Waals surface area contributed by atoms with Crippen molar-refractivity contribution in [3.8, 4) is 0 Å². The van der Waals surface area contributed by atoms with Gasteiger partial charge in [0.05, 0.1) is 10.5 Å². The Morgan fingerprint density at radius 2 is 2.18 bits per heavy atom. The van der Waals surface area contributed by atoms with Crippen molar-refractivity contribution >= 4 is 34.9 Å². The molecule has 0 bridgehead atoms. The number of thiophene rings is 1. The third kappa shape index (κ3) is 2.44. The fourth-order valence-corrected chi connectivity index (χ4v) is 3.12. The summed E-state index contributed by atoms with van der Waals surface area (Å²) in [5.74, 6) is -0.132. The minimum atomic E-state index is -0.722. The fraction of sp³-hybridized carbons (Fsp3) is 0.500. The smallest absolute Gasteiger partial charge is 0.328 e. The number of hydrogen-bond donors (Lipinski definition) is 1. The molecule has 2 heterocycles. The first-order chi connectivity index (χ1) is 8.11. The van der Waals surface area contributed by atoms with E-state index in [1.807, 2.05) is 0 Å². The van der Waals surface area contributed by atoms with Crippen molar-refractivity contribution < 1.29 is 9.72 Å². The van der Waals surface area contributed by atoms with Crippen LogP contribution in [0, 0.1) is 10.1 Å². The zero-order valence-electron chi connectivity index (χ0n) is 9.04. The molecule has 1 aromatic heterocycles. The predicted molar refractivity (Wildman–Crippen MR) is 68.5 cm³/mol. The third-order valence-corrected chi connectivity index (χ3v) is 4.17. The summed E-state index contributed by atoms with van der Waals surface area (Å²) in [5.41, 5.74) is 0.403. The normalized spacial score (nSPS) is 17.1. The van der Waals surface area contributed by atoms with Crippen molar-refractivity contribution in [1.29, 1.82) is 0 Å². The SMILES string of the molecule is O=C(C(S)c1ccsc1[N+](=O)[O-])N1CCCC1. The second-order valence-electron chi connectivity index (χ2n) is 3.87. The number of nitro groups is 1. The molecule has 1 atom stereocenters. The molecule has 1 aliphatic rings. The van der Waals surface area contributed by atoms with E-state index in [-0.39, 0.29) is 10.9 Å². The van der Waals surface area contributed by atoms with E-state index in [0.29, 0.717) is 5.56 Å². The van der Waals surface area contributed by atoms with Crippen LogP contribution in [0.2, 0.25) is 0 Å². The summed E-state index contributed by atoms with van der Waals surface area (Å²) in [6, 6.07) is 1.61. The Hall–Kier alpha value is -1.08. The summed E-state index contributed by atoms with van der Waals surface area (Å²) in [7, 11) is 0. The Bertz CT molecular complexity index is 441. The van der Waals surface area contributed by atoms with E-state index in [0.717, 1.165) is 37.3 Å². The van der Waals surface area contributed by atoms with E-state index in [1.165, 1.54) is 0 Å². The van der Waals surface area contributed by atoms with Gasteiger partial charge in [0.25, 0.3) is 0 Å². The van der Waals surface area contributed by atoms with Crippen LogP contribution in [0.15, 0.2) is 11.4 Å². The summed E-state index contributed by atoms with van der Waals surface area (Å²) in [6.45, 7) is 1.46. The van der Waals surface area contributed by atoms with Gasteiger partial charge in [0.2, 0.25) is 5.91 Å². The van der Waals surface area contributed by atoms with E-state index < -0.39 is 10.2 Å². The lowest BCUT2D eigenvalue weighted by molar-refractivity contribution is -0.380. The average Bonchev–Trinajstić information content (AvgIpc) is 2.97. The maximum Gasteiger partial charge on any atom is 0.328 e. The molecular formula is C10H12N2O3S2. The van der Waals surface area contributed by atoms with Gasteiger partial charge < -0.3 is 4.90 Å². The largest absolute Gasteiger partial charge is 0.341 e. The van der Waals surface area contributed by atoms with Crippen LogP contribution >= 0.6 is 24.0 Å². The highest BCUT2D eigenvalue weighted by molar-refractivity contribution is 7.81. The molecule has 1 aliphatic heterocycles. The number of hydrogen-bond acceptors (Lipinski definition) is 5. The molecular weight excluding hydrogens is 260 g/mol. The van der Waals surface area contributed by atoms with E-state index in [2.05, 4.69) is 12.6 Å². The molecule has 0 aliphatic carbocycles. The van der Waals surface area contributed by atoms with Gasteiger partial charge in [-0.2, -0.15) is 12.6 Å². The number of rotatable bonds is 3. The number of likely N-dealkylation sites (tertiary alicyclic amines) is 1. The van der Waals surface area contributed by atoms with Gasteiger partial charge >= 0.3 is 5.00 Å². The van der Waals surface area contributed by atoms with Gasteiger partial charge in [-0.15, -0.1) is 0 Å². The first-order valence-electron chi connectivity index (χ1n) is 5.30. The summed E-state index contributed by atoms with van der Waals surface area (Å²) in [6.07, 6.45) is 2.00. The van der Waals surface area contributed by atoms with Crippen LogP contribution in [0.5, 0.6) is 0 Å². The number of carbonyl (C=O) groups is 1. The molecule has 1 saturated heterocycles. The maximum absolute atomic E-state index is 12.1. The molecule has 1 aromatic rings. The van der Waals surface area contributed by atoms with Crippen molar-refractivity contribution in [2.45, 2.75) is 18.1 Å². The lowest BCUT2D eigenvalue weighted by Gasteiger charge is -2.18. The van der Waals surface area contributed by atoms with Crippen molar-refractivity contribution in [2.75, 3.05) is 13.1 Å². The maximum atomic E-state index is 12.1. The Morgan fingerprint density at radius 1 is 1.53 bits per heavy atom. The molecule has 0 N–H and O–H groups in total. The summed E-state index contributed by atoms with van der Waals surface area (Å²) < 4.78 is 0. The quantitative estimate of drug-likeness (QED) is 0.521. The Labute approximate surface area is 108 Å². The van der Waals surface area contributed by atoms with Crippen molar-refractivity contribution in [2.24, 2.45) is 0 Å². The van der Waals surface area contributed by atoms with Crippen molar-refractivity contribution in [1.82, 2.24) is 4.90 Å². The summed E-state index contributed by atoms with van der Waals surface area (Å²) >= 11 is 5.26. The number of thiol groups is 1. The molecule has 7 heteroatoms. The minimum absolute atomic E-state index is 0.0116. The van der Waals surface area contributed by atoms with Crippen molar-refractivity contribution in [3.05, 3.63) is 27.1 Å². The molecule has 2 rings (SSSR count). The molecule has 0 saturated carbocycles. The van der Waals surface area contributed by atoms with E-state index >= 15 is 0 Å². The molecule has 92 valence electrons. The van der Waals surface area contributed by atoms with Crippen LogP contribution in [-0.2, 0) is 4.79 Å². The van der Waals surface area contributed by atoms with Crippen molar-refractivity contribution in [3.63, 3.8) is 0 Å². The highest BCUT2D eigenvalue weighted by atomic mass is 32.1. The highest BCUT2D eigenvalue weighted by Gasteiger charge is 2.30. The van der Waals surface area contributed by atoms with Gasteiger partial charge in [-0.05, 0) is 24.3 Å². The lowest BCUT2D eigenvalue weighted by Crippen LogP contribution is -2.30. The fourth-order valence-electron chi connectivity index (χ4n) is 1.91. The van der Waals surface area contributed by atoms with Crippen LogP contribution in [0.4, 0.5) is 5.00 Å². The number of nitrogens with zero attached hydrogens (tertiary/aromatic N) is 2. The second-order valence-corrected chi connectivity index (χ2v) is 5.28. The van der Waals surface area contributed by atoms with Gasteiger partial charge in [0, 0.05) is 13.1 Å². The topological polar surface area (TPSA) is 63.4 Å². The van der Waals surface area contributed by atoms with Gasteiger partial charge in [0.15, 0.2) is 0 Å².